The number of aromatic nitrogens is 2. The van der Waals surface area contributed by atoms with Gasteiger partial charge >= 0.3 is 0 Å². The molecule has 0 spiro atoms. The maximum atomic E-state index is 4.54. The van der Waals surface area contributed by atoms with Crippen LogP contribution in [0.4, 0.5) is 5.82 Å². The first kappa shape index (κ1) is 14.9. The quantitative estimate of drug-likeness (QED) is 0.808. The van der Waals surface area contributed by atoms with E-state index in [9.17, 15) is 0 Å². The SMILES string of the molecule is CCCC(C)N(C)Cc1nc(C)cc(NCC)n1. The maximum Gasteiger partial charge on any atom is 0.144 e. The summed E-state index contributed by atoms with van der Waals surface area (Å²) >= 11 is 0. The van der Waals surface area contributed by atoms with Gasteiger partial charge in [-0.15, -0.1) is 0 Å². The zero-order chi connectivity index (χ0) is 13.5. The molecule has 1 rings (SSSR count). The Balaban J connectivity index is 2.71. The molecule has 18 heavy (non-hydrogen) atoms. The summed E-state index contributed by atoms with van der Waals surface area (Å²) in [5.74, 6) is 1.83. The summed E-state index contributed by atoms with van der Waals surface area (Å²) in [6.07, 6.45) is 2.42. The third-order valence-corrected chi connectivity index (χ3v) is 3.11. The summed E-state index contributed by atoms with van der Waals surface area (Å²) < 4.78 is 0. The predicted molar refractivity (Wildman–Crippen MR) is 76.8 cm³/mol. The Labute approximate surface area is 111 Å². The molecule has 0 aliphatic heterocycles. The van der Waals surface area contributed by atoms with Crippen molar-refractivity contribution in [3.8, 4) is 0 Å². The Hall–Kier alpha value is -1.16. The molecule has 4 nitrogen and oxygen atoms in total. The first-order valence-electron chi connectivity index (χ1n) is 6.85. The monoisotopic (exact) mass is 250 g/mol. The molecular formula is C14H26N4. The second-order valence-corrected chi connectivity index (χ2v) is 4.89. The summed E-state index contributed by atoms with van der Waals surface area (Å²) in [7, 11) is 2.14. The number of anilines is 1. The third-order valence-electron chi connectivity index (χ3n) is 3.11. The van der Waals surface area contributed by atoms with Gasteiger partial charge < -0.3 is 5.32 Å². The molecule has 4 heteroatoms. The van der Waals surface area contributed by atoms with Crippen LogP contribution in [-0.4, -0.2) is 34.5 Å². The van der Waals surface area contributed by atoms with E-state index in [-0.39, 0.29) is 0 Å². The van der Waals surface area contributed by atoms with Crippen molar-refractivity contribution in [3.63, 3.8) is 0 Å². The van der Waals surface area contributed by atoms with E-state index in [1.54, 1.807) is 0 Å². The average Bonchev–Trinajstić information content (AvgIpc) is 2.28. The summed E-state index contributed by atoms with van der Waals surface area (Å²) in [5.41, 5.74) is 1.02. The summed E-state index contributed by atoms with van der Waals surface area (Å²) in [6.45, 7) is 10.3. The van der Waals surface area contributed by atoms with E-state index in [1.807, 2.05) is 13.0 Å². The maximum absolute atomic E-state index is 4.54. The standard InChI is InChI=1S/C14H26N4/c1-6-8-12(4)18(5)10-14-16-11(3)9-13(17-14)15-7-2/h9,12H,6-8,10H2,1-5H3,(H,15,16,17). The van der Waals surface area contributed by atoms with E-state index in [4.69, 9.17) is 0 Å². The van der Waals surface area contributed by atoms with Crippen LogP contribution < -0.4 is 5.32 Å². The van der Waals surface area contributed by atoms with Crippen LogP contribution in [0.1, 0.15) is 45.1 Å². The van der Waals surface area contributed by atoms with Gasteiger partial charge in [0.05, 0.1) is 6.54 Å². The van der Waals surface area contributed by atoms with Crippen molar-refractivity contribution < 1.29 is 0 Å². The van der Waals surface area contributed by atoms with Gasteiger partial charge in [0, 0.05) is 24.3 Å². The highest BCUT2D eigenvalue weighted by Gasteiger charge is 2.11. The molecule has 0 fully saturated rings. The van der Waals surface area contributed by atoms with E-state index in [1.165, 1.54) is 12.8 Å². The van der Waals surface area contributed by atoms with E-state index in [2.05, 4.69) is 48.0 Å². The van der Waals surface area contributed by atoms with Crippen LogP contribution in [0.15, 0.2) is 6.07 Å². The van der Waals surface area contributed by atoms with Crippen LogP contribution in [0.25, 0.3) is 0 Å². The van der Waals surface area contributed by atoms with Crippen molar-refractivity contribution in [1.29, 1.82) is 0 Å². The lowest BCUT2D eigenvalue weighted by atomic mass is 10.2. The minimum atomic E-state index is 0.571. The van der Waals surface area contributed by atoms with Crippen molar-refractivity contribution in [2.24, 2.45) is 0 Å². The van der Waals surface area contributed by atoms with Gasteiger partial charge in [-0.25, -0.2) is 9.97 Å². The highest BCUT2D eigenvalue weighted by atomic mass is 15.2. The number of hydrogen-bond acceptors (Lipinski definition) is 4. The van der Waals surface area contributed by atoms with Gasteiger partial charge in [0.15, 0.2) is 0 Å². The average molecular weight is 250 g/mol. The van der Waals surface area contributed by atoms with Crippen LogP contribution in [0.3, 0.4) is 0 Å². The van der Waals surface area contributed by atoms with Gasteiger partial charge in [-0.3, -0.25) is 4.90 Å². The van der Waals surface area contributed by atoms with Crippen molar-refractivity contribution >= 4 is 5.82 Å². The molecule has 1 aromatic rings. The Morgan fingerprint density at radius 3 is 2.67 bits per heavy atom. The minimum absolute atomic E-state index is 0.571. The first-order valence-corrected chi connectivity index (χ1v) is 6.85. The van der Waals surface area contributed by atoms with E-state index in [0.717, 1.165) is 30.4 Å². The number of nitrogens with one attached hydrogen (secondary N) is 1. The van der Waals surface area contributed by atoms with Crippen molar-refractivity contribution in [1.82, 2.24) is 14.9 Å². The van der Waals surface area contributed by atoms with Crippen LogP contribution in [0.5, 0.6) is 0 Å². The molecule has 1 atom stereocenters. The lowest BCUT2D eigenvalue weighted by Crippen LogP contribution is -2.29. The molecule has 0 aliphatic carbocycles. The van der Waals surface area contributed by atoms with Gasteiger partial charge in [-0.1, -0.05) is 13.3 Å². The number of hydrogen-bond donors (Lipinski definition) is 1. The molecule has 1 aromatic heterocycles. The predicted octanol–water partition coefficient (Wildman–Crippen LogP) is 2.84. The second-order valence-electron chi connectivity index (χ2n) is 4.89. The van der Waals surface area contributed by atoms with Gasteiger partial charge in [-0.05, 0) is 34.2 Å². The lowest BCUT2D eigenvalue weighted by molar-refractivity contribution is 0.231. The Bertz CT molecular complexity index is 365. The molecule has 0 radical (unpaired) electrons. The molecule has 0 aromatic carbocycles. The molecule has 1 unspecified atom stereocenters. The zero-order valence-corrected chi connectivity index (χ0v) is 12.3. The first-order chi connectivity index (χ1) is 8.56. The Morgan fingerprint density at radius 2 is 2.06 bits per heavy atom. The van der Waals surface area contributed by atoms with Crippen LogP contribution in [0, 0.1) is 6.92 Å². The van der Waals surface area contributed by atoms with E-state index < -0.39 is 0 Å². The molecule has 0 saturated carbocycles. The summed E-state index contributed by atoms with van der Waals surface area (Å²) in [6, 6.07) is 2.56. The molecule has 0 saturated heterocycles. The molecule has 1 N–H and O–H groups in total. The highest BCUT2D eigenvalue weighted by Crippen LogP contribution is 2.10. The molecule has 0 amide bonds. The fourth-order valence-corrected chi connectivity index (χ4v) is 1.99. The van der Waals surface area contributed by atoms with Gasteiger partial charge in [0.2, 0.25) is 0 Å². The minimum Gasteiger partial charge on any atom is -0.370 e. The topological polar surface area (TPSA) is 41.1 Å². The van der Waals surface area contributed by atoms with Gasteiger partial charge in [0.25, 0.3) is 0 Å². The largest absolute Gasteiger partial charge is 0.370 e. The fraction of sp³-hybridized carbons (Fsp3) is 0.714. The second kappa shape index (κ2) is 7.31. The molecule has 1 heterocycles. The number of rotatable bonds is 7. The van der Waals surface area contributed by atoms with Crippen molar-refractivity contribution in [2.75, 3.05) is 18.9 Å². The molecule has 0 bridgehead atoms. The van der Waals surface area contributed by atoms with E-state index >= 15 is 0 Å². The Morgan fingerprint density at radius 1 is 1.33 bits per heavy atom. The third kappa shape index (κ3) is 4.61. The normalized spacial score (nSPS) is 12.8. The van der Waals surface area contributed by atoms with Gasteiger partial charge in [-0.2, -0.15) is 0 Å². The zero-order valence-electron chi connectivity index (χ0n) is 12.3. The van der Waals surface area contributed by atoms with Gasteiger partial charge in [0.1, 0.15) is 11.6 Å². The van der Waals surface area contributed by atoms with Crippen LogP contribution in [0.2, 0.25) is 0 Å². The molecule has 102 valence electrons. The molecular weight excluding hydrogens is 224 g/mol. The van der Waals surface area contributed by atoms with Crippen molar-refractivity contribution in [3.05, 3.63) is 17.6 Å². The fourth-order valence-electron chi connectivity index (χ4n) is 1.99. The lowest BCUT2D eigenvalue weighted by Gasteiger charge is -2.23. The smallest absolute Gasteiger partial charge is 0.144 e. The highest BCUT2D eigenvalue weighted by molar-refractivity contribution is 5.35. The number of nitrogens with zero attached hydrogens (tertiary/aromatic N) is 3. The van der Waals surface area contributed by atoms with Crippen LogP contribution in [-0.2, 0) is 6.54 Å². The molecule has 0 aliphatic rings. The summed E-state index contributed by atoms with van der Waals surface area (Å²) in [5, 5.41) is 3.25. The Kier molecular flexibility index (Phi) is 6.05. The number of aryl methyl sites for hydroxylation is 1. The summed E-state index contributed by atoms with van der Waals surface area (Å²) in [4.78, 5) is 11.4. The van der Waals surface area contributed by atoms with E-state index in [0.29, 0.717) is 6.04 Å². The van der Waals surface area contributed by atoms with Crippen molar-refractivity contribution in [2.45, 2.75) is 53.1 Å². The van der Waals surface area contributed by atoms with Crippen LogP contribution >= 0.6 is 0 Å².